The van der Waals surface area contributed by atoms with Crippen LogP contribution in [0.2, 0.25) is 0 Å². The van der Waals surface area contributed by atoms with E-state index in [1.54, 1.807) is 23.1 Å². The van der Waals surface area contributed by atoms with Crippen molar-refractivity contribution < 1.29 is 28.2 Å². The van der Waals surface area contributed by atoms with Crippen LogP contribution in [-0.4, -0.2) is 73.6 Å². The highest BCUT2D eigenvalue weighted by Crippen LogP contribution is 2.40. The minimum atomic E-state index is -0.904. The zero-order valence-electron chi connectivity index (χ0n) is 22.4. The van der Waals surface area contributed by atoms with Crippen LogP contribution in [-0.2, 0) is 9.59 Å². The molecule has 0 atom stereocenters. The number of rotatable bonds is 7. The molecule has 2 aliphatic heterocycles. The second-order valence-electron chi connectivity index (χ2n) is 9.82. The minimum absolute atomic E-state index is 0.150. The summed E-state index contributed by atoms with van der Waals surface area (Å²) in [5, 5.41) is 2.73. The van der Waals surface area contributed by atoms with Crippen molar-refractivity contribution in [3.05, 3.63) is 84.2 Å². The molecular weight excluding hydrogens is 515 g/mol. The van der Waals surface area contributed by atoms with Gasteiger partial charge in [-0.15, -0.1) is 0 Å². The van der Waals surface area contributed by atoms with Crippen molar-refractivity contribution in [1.82, 2.24) is 9.80 Å². The first kappa shape index (κ1) is 27.0. The molecule has 0 bridgehead atoms. The number of para-hydroxylation sites is 1. The number of ether oxygens (including phenoxy) is 2. The predicted molar refractivity (Wildman–Crippen MR) is 148 cm³/mol. The first-order valence-corrected chi connectivity index (χ1v) is 13.0. The summed E-state index contributed by atoms with van der Waals surface area (Å²) in [6.07, 6.45) is 0.778. The van der Waals surface area contributed by atoms with Crippen LogP contribution in [0.1, 0.15) is 23.2 Å². The van der Waals surface area contributed by atoms with E-state index in [1.807, 2.05) is 35.2 Å². The summed E-state index contributed by atoms with van der Waals surface area (Å²) in [5.41, 5.74) is 0.758. The van der Waals surface area contributed by atoms with E-state index in [0.717, 1.165) is 5.69 Å². The normalized spacial score (nSPS) is 16.3. The monoisotopic (exact) mass is 546 g/mol. The largest absolute Gasteiger partial charge is 0.496 e. The summed E-state index contributed by atoms with van der Waals surface area (Å²) in [6, 6.07) is 20.3. The number of anilines is 2. The summed E-state index contributed by atoms with van der Waals surface area (Å²) >= 11 is 0. The number of halogens is 1. The van der Waals surface area contributed by atoms with Gasteiger partial charge in [-0.2, -0.15) is 0 Å². The molecule has 0 radical (unpaired) electrons. The Labute approximate surface area is 232 Å². The molecule has 3 aromatic rings. The van der Waals surface area contributed by atoms with Gasteiger partial charge in [-0.1, -0.05) is 24.3 Å². The van der Waals surface area contributed by atoms with Gasteiger partial charge in [0, 0.05) is 24.5 Å². The van der Waals surface area contributed by atoms with Gasteiger partial charge in [0.15, 0.2) is 0 Å². The van der Waals surface area contributed by atoms with Gasteiger partial charge in [-0.25, -0.2) is 4.39 Å². The number of benzene rings is 3. The fourth-order valence-electron chi connectivity index (χ4n) is 5.53. The standard InChI is InChI=1S/C30H31FN4O5/c1-39-24-9-6-10-25(40-2)27(24)28(37)33-17-15-30(16-18-33)29(38)34(20-35(30)23-7-4-3-5-8-23)19-26(36)32-22-13-11-21(31)12-14-22/h3-14H,15-20H2,1-2H3,(H,32,36). The van der Waals surface area contributed by atoms with Crippen LogP contribution in [0.25, 0.3) is 0 Å². The Morgan fingerprint density at radius 1 is 0.900 bits per heavy atom. The Kier molecular flexibility index (Phi) is 7.59. The van der Waals surface area contributed by atoms with E-state index in [2.05, 4.69) is 5.32 Å². The molecule has 2 aliphatic rings. The molecule has 0 aromatic heterocycles. The molecule has 3 amide bonds. The Balaban J connectivity index is 1.36. The third-order valence-corrected chi connectivity index (χ3v) is 7.56. The van der Waals surface area contributed by atoms with Gasteiger partial charge in [-0.3, -0.25) is 14.4 Å². The van der Waals surface area contributed by atoms with Crippen LogP contribution in [0.15, 0.2) is 72.8 Å². The van der Waals surface area contributed by atoms with E-state index >= 15 is 0 Å². The maximum Gasteiger partial charge on any atom is 0.261 e. The quantitative estimate of drug-likeness (QED) is 0.485. The molecular formula is C30H31FN4O5. The smallest absolute Gasteiger partial charge is 0.261 e. The number of hydrogen-bond donors (Lipinski definition) is 1. The molecule has 2 heterocycles. The number of methoxy groups -OCH3 is 2. The zero-order chi connectivity index (χ0) is 28.3. The number of piperidine rings is 1. The molecule has 9 nitrogen and oxygen atoms in total. The Morgan fingerprint density at radius 2 is 1.52 bits per heavy atom. The highest BCUT2D eigenvalue weighted by atomic mass is 19.1. The van der Waals surface area contributed by atoms with E-state index < -0.39 is 11.4 Å². The van der Waals surface area contributed by atoms with Crippen molar-refractivity contribution in [3.63, 3.8) is 0 Å². The van der Waals surface area contributed by atoms with Gasteiger partial charge in [0.2, 0.25) is 5.91 Å². The Hall–Kier alpha value is -4.60. The molecule has 40 heavy (non-hydrogen) atoms. The molecule has 3 aromatic carbocycles. The van der Waals surface area contributed by atoms with Crippen molar-refractivity contribution in [2.45, 2.75) is 18.4 Å². The SMILES string of the molecule is COc1cccc(OC)c1C(=O)N1CCC2(CC1)C(=O)N(CC(=O)Nc1ccc(F)cc1)CN2c1ccccc1. The second-order valence-corrected chi connectivity index (χ2v) is 9.82. The molecule has 0 unspecified atom stereocenters. The average molecular weight is 547 g/mol. The summed E-state index contributed by atoms with van der Waals surface area (Å²) in [6.45, 7) is 0.756. The highest BCUT2D eigenvalue weighted by Gasteiger charge is 2.54. The third kappa shape index (κ3) is 5.04. The number of likely N-dealkylation sites (tertiary alicyclic amines) is 1. The number of nitrogens with zero attached hydrogens (tertiary/aromatic N) is 3. The van der Waals surface area contributed by atoms with E-state index in [9.17, 15) is 18.8 Å². The summed E-state index contributed by atoms with van der Waals surface area (Å²) < 4.78 is 24.1. The first-order valence-electron chi connectivity index (χ1n) is 13.0. The van der Waals surface area contributed by atoms with Crippen LogP contribution >= 0.6 is 0 Å². The summed E-state index contributed by atoms with van der Waals surface area (Å²) in [5.74, 6) is -0.316. The van der Waals surface area contributed by atoms with Crippen LogP contribution in [0, 0.1) is 5.82 Å². The van der Waals surface area contributed by atoms with Gasteiger partial charge in [0.25, 0.3) is 11.8 Å². The summed E-state index contributed by atoms with van der Waals surface area (Å²) in [7, 11) is 3.01. The summed E-state index contributed by atoms with van der Waals surface area (Å²) in [4.78, 5) is 45.7. The Morgan fingerprint density at radius 3 is 2.12 bits per heavy atom. The molecule has 1 spiro atoms. The van der Waals surface area contributed by atoms with Crippen LogP contribution in [0.3, 0.4) is 0 Å². The van der Waals surface area contributed by atoms with Crippen LogP contribution < -0.4 is 19.7 Å². The molecule has 0 saturated carbocycles. The zero-order valence-corrected chi connectivity index (χ0v) is 22.4. The lowest BCUT2D eigenvalue weighted by Crippen LogP contribution is -2.57. The van der Waals surface area contributed by atoms with Gasteiger partial charge in [0.1, 0.15) is 35.0 Å². The maximum atomic E-state index is 14.0. The predicted octanol–water partition coefficient (Wildman–Crippen LogP) is 3.76. The van der Waals surface area contributed by atoms with Crippen LogP contribution in [0.5, 0.6) is 11.5 Å². The highest BCUT2D eigenvalue weighted by molar-refractivity contribution is 6.01. The fraction of sp³-hybridized carbons (Fsp3) is 0.300. The molecule has 0 aliphatic carbocycles. The molecule has 2 fully saturated rings. The first-order chi connectivity index (χ1) is 19.4. The lowest BCUT2D eigenvalue weighted by Gasteiger charge is -2.43. The van der Waals surface area contributed by atoms with Gasteiger partial charge >= 0.3 is 0 Å². The maximum absolute atomic E-state index is 14.0. The van der Waals surface area contributed by atoms with Gasteiger partial charge in [-0.05, 0) is 61.4 Å². The van der Waals surface area contributed by atoms with Crippen molar-refractivity contribution in [3.8, 4) is 11.5 Å². The lowest BCUT2D eigenvalue weighted by molar-refractivity contribution is -0.136. The third-order valence-electron chi connectivity index (χ3n) is 7.56. The number of hydrogen-bond acceptors (Lipinski definition) is 6. The molecule has 5 rings (SSSR count). The van der Waals surface area contributed by atoms with Crippen molar-refractivity contribution in [1.29, 1.82) is 0 Å². The van der Waals surface area contributed by atoms with E-state index in [4.69, 9.17) is 9.47 Å². The molecule has 10 heteroatoms. The fourth-order valence-corrected chi connectivity index (χ4v) is 5.53. The average Bonchev–Trinajstić information content (AvgIpc) is 3.24. The van der Waals surface area contributed by atoms with E-state index in [1.165, 1.54) is 43.4 Å². The molecule has 1 N–H and O–H groups in total. The van der Waals surface area contributed by atoms with Crippen molar-refractivity contribution in [2.24, 2.45) is 0 Å². The number of amides is 3. The molecule has 208 valence electrons. The van der Waals surface area contributed by atoms with Gasteiger partial charge < -0.3 is 29.5 Å². The minimum Gasteiger partial charge on any atom is -0.496 e. The van der Waals surface area contributed by atoms with E-state index in [0.29, 0.717) is 48.7 Å². The second kappa shape index (κ2) is 11.3. The van der Waals surface area contributed by atoms with Gasteiger partial charge in [0.05, 0.1) is 20.9 Å². The lowest BCUT2D eigenvalue weighted by atomic mass is 9.85. The number of nitrogens with one attached hydrogen (secondary N) is 1. The number of carbonyl (C=O) groups excluding carboxylic acids is 3. The van der Waals surface area contributed by atoms with Crippen molar-refractivity contribution in [2.75, 3.05) is 50.7 Å². The van der Waals surface area contributed by atoms with Crippen molar-refractivity contribution >= 4 is 29.1 Å². The Bertz CT molecular complexity index is 1370. The van der Waals surface area contributed by atoms with Crippen LogP contribution in [0.4, 0.5) is 15.8 Å². The molecule has 2 saturated heterocycles. The van der Waals surface area contributed by atoms with E-state index in [-0.39, 0.29) is 30.9 Å². The number of carbonyl (C=O) groups is 3. The topological polar surface area (TPSA) is 91.4 Å².